The zero-order valence-electron chi connectivity index (χ0n) is 40.0. The number of likely N-dealkylation sites (tertiary alicyclic amines) is 2. The molecule has 2 aromatic rings. The number of allylic oxidation sites excluding steroid dienone is 2. The van der Waals surface area contributed by atoms with Gasteiger partial charge in [-0.05, 0) is 89.5 Å². The van der Waals surface area contributed by atoms with Crippen LogP contribution in [0.1, 0.15) is 103 Å². The molecule has 3 saturated heterocycles. The average Bonchev–Trinajstić information content (AvgIpc) is 3.85. The summed E-state index contributed by atoms with van der Waals surface area (Å²) in [5.74, 6) is 5.27. The Labute approximate surface area is 394 Å². The van der Waals surface area contributed by atoms with Crippen molar-refractivity contribution in [3.05, 3.63) is 53.4 Å². The number of rotatable bonds is 12. The summed E-state index contributed by atoms with van der Waals surface area (Å²) in [4.78, 5) is 68.3. The number of carbonyl (C=O) groups excluding carboxylic acids is 4. The van der Waals surface area contributed by atoms with Gasteiger partial charge in [0.1, 0.15) is 12.1 Å². The molecule has 6 heterocycles. The van der Waals surface area contributed by atoms with E-state index in [4.69, 9.17) is 24.2 Å². The molecule has 3 fully saturated rings. The van der Waals surface area contributed by atoms with E-state index in [1.165, 1.54) is 5.01 Å². The van der Waals surface area contributed by atoms with Crippen molar-refractivity contribution in [2.75, 3.05) is 58.8 Å². The second-order valence-corrected chi connectivity index (χ2v) is 20.2. The predicted octanol–water partition coefficient (Wildman–Crippen LogP) is 5.47. The van der Waals surface area contributed by atoms with Crippen LogP contribution in [0.2, 0.25) is 0 Å². The van der Waals surface area contributed by atoms with Gasteiger partial charge in [0.2, 0.25) is 5.91 Å². The minimum Gasteiger partial charge on any atom is -0.464 e. The number of nitrogens with one attached hydrogen (secondary N) is 2. The van der Waals surface area contributed by atoms with E-state index in [-0.39, 0.29) is 67.6 Å². The molecule has 1 unspecified atom stereocenters. The maximum Gasteiger partial charge on any atom is 0.324 e. The number of esters is 1. The molecule has 15 nitrogen and oxygen atoms in total. The summed E-state index contributed by atoms with van der Waals surface area (Å²) in [5.41, 5.74) is 8.16. The highest BCUT2D eigenvalue weighted by Crippen LogP contribution is 2.41. The molecule has 3 amide bonds. The normalized spacial score (nSPS) is 23.8. The number of cyclic esters (lactones) is 1. The number of methoxy groups -OCH3 is 1. The van der Waals surface area contributed by atoms with Gasteiger partial charge in [-0.3, -0.25) is 39.1 Å². The summed E-state index contributed by atoms with van der Waals surface area (Å²) in [5, 5.41) is 6.28. The van der Waals surface area contributed by atoms with Gasteiger partial charge in [0.15, 0.2) is 0 Å². The molecule has 0 radical (unpaired) electrons. The van der Waals surface area contributed by atoms with Crippen molar-refractivity contribution in [2.24, 2.45) is 15.4 Å². The van der Waals surface area contributed by atoms with Crippen LogP contribution in [0.25, 0.3) is 16.5 Å². The quantitative estimate of drug-likeness (QED) is 0.121. The number of hydrogen-bond donors (Lipinski definition) is 2. The Morgan fingerprint density at radius 2 is 1.97 bits per heavy atom. The van der Waals surface area contributed by atoms with Crippen LogP contribution in [0.5, 0.6) is 0 Å². The number of amides is 3. The van der Waals surface area contributed by atoms with E-state index in [1.54, 1.807) is 30.0 Å². The SMILES string of the molecule is C=C/C(=C(\N=CC)[C@H](C)OC)c1c2c3cc(ccc3n1CC)C1CSC(=N1)C[C@H](NC(=O)CCOC1CN(C(=O)C#CC(C)(C)N3CCC3)C1)C(=O)N1CCC[C@H](N1)C(=O)OCC(C)(C)C2. The van der Waals surface area contributed by atoms with Gasteiger partial charge in [-0.15, -0.1) is 11.8 Å². The zero-order valence-corrected chi connectivity index (χ0v) is 40.9. The highest BCUT2D eigenvalue weighted by Gasteiger charge is 2.38. The Morgan fingerprint density at radius 1 is 1.20 bits per heavy atom. The Bertz CT molecular complexity index is 2350. The van der Waals surface area contributed by atoms with Crippen LogP contribution in [0.3, 0.4) is 0 Å². The van der Waals surface area contributed by atoms with Crippen LogP contribution in [0.4, 0.5) is 0 Å². The molecule has 7 rings (SSSR count). The first-order chi connectivity index (χ1) is 31.6. The van der Waals surface area contributed by atoms with Gasteiger partial charge >= 0.3 is 5.97 Å². The van der Waals surface area contributed by atoms with Gasteiger partial charge in [0.05, 0.1) is 53.4 Å². The highest BCUT2D eigenvalue weighted by atomic mass is 32.2. The number of hydrazine groups is 1. The van der Waals surface area contributed by atoms with Gasteiger partial charge in [0, 0.05) is 93.1 Å². The molecule has 6 bridgehead atoms. The van der Waals surface area contributed by atoms with Crippen molar-refractivity contribution >= 4 is 63.2 Å². The fourth-order valence-electron chi connectivity index (χ4n) is 9.25. The lowest BCUT2D eigenvalue weighted by molar-refractivity contribution is -0.155. The molecule has 0 aliphatic carbocycles. The molecule has 66 heavy (non-hydrogen) atoms. The number of nitrogens with zero attached hydrogens (tertiary/aromatic N) is 6. The van der Waals surface area contributed by atoms with E-state index in [2.05, 4.69) is 77.6 Å². The molecule has 4 atom stereocenters. The molecule has 1 aromatic heterocycles. The van der Waals surface area contributed by atoms with Gasteiger partial charge in [0.25, 0.3) is 11.8 Å². The maximum absolute atomic E-state index is 14.3. The number of fused-ring (bicyclic) bond motifs is 5. The number of carbonyl (C=O) groups is 4. The molecule has 1 aromatic carbocycles. The summed E-state index contributed by atoms with van der Waals surface area (Å²) in [6, 6.07) is 4.68. The summed E-state index contributed by atoms with van der Waals surface area (Å²) in [7, 11) is 1.68. The van der Waals surface area contributed by atoms with E-state index in [0.717, 1.165) is 63.5 Å². The van der Waals surface area contributed by atoms with E-state index < -0.39 is 23.5 Å². The van der Waals surface area contributed by atoms with Crippen molar-refractivity contribution in [1.29, 1.82) is 0 Å². The first kappa shape index (κ1) is 49.1. The number of hydrogen-bond acceptors (Lipinski definition) is 12. The lowest BCUT2D eigenvalue weighted by Gasteiger charge is -2.41. The molecule has 5 aliphatic rings. The highest BCUT2D eigenvalue weighted by molar-refractivity contribution is 8.14. The van der Waals surface area contributed by atoms with Gasteiger partial charge < -0.3 is 29.0 Å². The largest absolute Gasteiger partial charge is 0.464 e. The van der Waals surface area contributed by atoms with Crippen LogP contribution >= 0.6 is 11.8 Å². The Hall–Kier alpha value is -4.79. The van der Waals surface area contributed by atoms with Crippen molar-refractivity contribution in [1.82, 2.24) is 30.1 Å². The predicted molar refractivity (Wildman–Crippen MR) is 260 cm³/mol. The van der Waals surface area contributed by atoms with E-state index in [0.29, 0.717) is 51.2 Å². The second-order valence-electron chi connectivity index (χ2n) is 19.2. The van der Waals surface area contributed by atoms with E-state index >= 15 is 0 Å². The summed E-state index contributed by atoms with van der Waals surface area (Å²) in [6.07, 6.45) is 6.17. The number of aromatic nitrogens is 1. The zero-order chi connectivity index (χ0) is 47.3. The maximum atomic E-state index is 14.3. The fourth-order valence-corrected chi connectivity index (χ4v) is 10.3. The fraction of sp³-hybridized carbons (Fsp3) is 0.600. The van der Waals surface area contributed by atoms with E-state index in [9.17, 15) is 19.2 Å². The average molecular weight is 925 g/mol. The molecule has 0 spiro atoms. The summed E-state index contributed by atoms with van der Waals surface area (Å²) in [6.45, 7) is 22.7. The summed E-state index contributed by atoms with van der Waals surface area (Å²) >= 11 is 1.59. The van der Waals surface area contributed by atoms with Crippen LogP contribution in [0.15, 0.2) is 46.5 Å². The van der Waals surface area contributed by atoms with Crippen LogP contribution in [-0.2, 0) is 46.4 Å². The summed E-state index contributed by atoms with van der Waals surface area (Å²) < 4.78 is 20.2. The van der Waals surface area contributed by atoms with Crippen LogP contribution in [0, 0.1) is 17.3 Å². The third-order valence-corrected chi connectivity index (χ3v) is 14.4. The van der Waals surface area contributed by atoms with Crippen LogP contribution in [-0.4, -0.2) is 143 Å². The third-order valence-electron chi connectivity index (χ3n) is 13.3. The minimum atomic E-state index is -0.938. The lowest BCUT2D eigenvalue weighted by Crippen LogP contribution is -2.60. The van der Waals surface area contributed by atoms with Crippen molar-refractivity contribution in [3.8, 4) is 11.8 Å². The third kappa shape index (κ3) is 11.0. The Morgan fingerprint density at radius 3 is 2.65 bits per heavy atom. The molecule has 0 saturated carbocycles. The standard InChI is InChI=1S/C50H68N8O7S/c1-10-35(45(51-11-2)32(4)63-9)46-37-27-49(5,6)31-65-48(62)38-15-13-23-58(54-38)47(61)39(26-43-53-40(30-66-43)33-16-17-41(36(37)25-33)57(46)12-3)52-42(59)19-24-64-34-28-55(29-34)44(60)18-20-50(7,8)56-21-14-22-56/h10-11,16-17,25,32,34,38-40,54H,1,12-15,19,21-24,26-31H2,2-9H3,(H,52,59)/b45-35+,51-11?/t32-,38-,39-,40?/m0/s1. The van der Waals surface area contributed by atoms with E-state index in [1.807, 2.05) is 33.8 Å². The molecule has 2 N–H and O–H groups in total. The van der Waals surface area contributed by atoms with Crippen molar-refractivity contribution < 1.29 is 33.4 Å². The molecular weight excluding hydrogens is 857 g/mol. The first-order valence-corrected chi connectivity index (χ1v) is 24.5. The van der Waals surface area contributed by atoms with Gasteiger partial charge in [-0.1, -0.05) is 38.5 Å². The molecular formula is C50H68N8O7S. The lowest BCUT2D eigenvalue weighted by atomic mass is 9.84. The number of aryl methyl sites for hydroxylation is 1. The van der Waals surface area contributed by atoms with Crippen molar-refractivity contribution in [3.63, 3.8) is 0 Å². The van der Waals surface area contributed by atoms with Crippen LogP contribution < -0.4 is 10.7 Å². The van der Waals surface area contributed by atoms with Crippen molar-refractivity contribution in [2.45, 2.75) is 129 Å². The Kier molecular flexibility index (Phi) is 15.6. The second kappa shape index (κ2) is 21.0. The topological polar surface area (TPSA) is 159 Å². The number of aliphatic imine (C=N–C) groups is 2. The first-order valence-electron chi connectivity index (χ1n) is 23.5. The smallest absolute Gasteiger partial charge is 0.324 e. The molecule has 16 heteroatoms. The molecule has 5 aliphatic heterocycles. The number of benzene rings is 1. The number of ether oxygens (including phenoxy) is 3. The Balaban J connectivity index is 1.12. The van der Waals surface area contributed by atoms with Gasteiger partial charge in [-0.25, -0.2) is 5.43 Å². The number of thioether (sulfide) groups is 1. The van der Waals surface area contributed by atoms with Gasteiger partial charge in [-0.2, -0.15) is 0 Å². The monoisotopic (exact) mass is 924 g/mol. The molecule has 356 valence electrons. The minimum absolute atomic E-state index is 0.0274.